The van der Waals surface area contributed by atoms with E-state index in [1.165, 1.54) is 4.90 Å². The van der Waals surface area contributed by atoms with Crippen molar-refractivity contribution < 1.29 is 28.9 Å². The Bertz CT molecular complexity index is 1330. The lowest BCUT2D eigenvalue weighted by atomic mass is 9.94. The van der Waals surface area contributed by atoms with Crippen LogP contribution in [-0.4, -0.2) is 47.6 Å². The van der Waals surface area contributed by atoms with Gasteiger partial charge in [0.25, 0.3) is 11.7 Å². The number of ether oxygens (including phenoxy) is 3. The van der Waals surface area contributed by atoms with Gasteiger partial charge < -0.3 is 24.2 Å². The van der Waals surface area contributed by atoms with Crippen LogP contribution in [0.15, 0.2) is 78.4 Å². The molecule has 7 nitrogen and oxygen atoms in total. The first-order chi connectivity index (χ1) is 18.8. The second-order valence-electron chi connectivity index (χ2n) is 9.67. The molecule has 4 rings (SSSR count). The van der Waals surface area contributed by atoms with Gasteiger partial charge >= 0.3 is 0 Å². The number of nitrogens with zero attached hydrogens (tertiary/aromatic N) is 1. The van der Waals surface area contributed by atoms with Gasteiger partial charge in [0.2, 0.25) is 0 Å². The molecule has 0 aliphatic carbocycles. The Morgan fingerprint density at radius 3 is 2.33 bits per heavy atom. The first-order valence-corrected chi connectivity index (χ1v) is 13.2. The van der Waals surface area contributed by atoms with E-state index >= 15 is 0 Å². The molecule has 1 atom stereocenters. The Labute approximate surface area is 229 Å². The topological polar surface area (TPSA) is 85.3 Å². The van der Waals surface area contributed by atoms with E-state index in [-0.39, 0.29) is 30.6 Å². The number of hydrogen-bond donors (Lipinski definition) is 1. The first-order valence-electron chi connectivity index (χ1n) is 13.2. The van der Waals surface area contributed by atoms with E-state index in [2.05, 4.69) is 0 Å². The van der Waals surface area contributed by atoms with Gasteiger partial charge in [0.05, 0.1) is 30.9 Å². The van der Waals surface area contributed by atoms with E-state index in [4.69, 9.17) is 14.2 Å². The van der Waals surface area contributed by atoms with Crippen LogP contribution in [0.3, 0.4) is 0 Å². The largest absolute Gasteiger partial charge is 0.507 e. The molecule has 3 aromatic rings. The normalized spacial score (nSPS) is 16.6. The summed E-state index contributed by atoms with van der Waals surface area (Å²) in [5.41, 5.74) is 3.02. The van der Waals surface area contributed by atoms with Gasteiger partial charge in [0.15, 0.2) is 0 Å². The smallest absolute Gasteiger partial charge is 0.295 e. The molecule has 3 aromatic carbocycles. The highest BCUT2D eigenvalue weighted by atomic mass is 16.5. The van der Waals surface area contributed by atoms with Gasteiger partial charge in [0, 0.05) is 12.1 Å². The van der Waals surface area contributed by atoms with E-state index in [1.807, 2.05) is 70.2 Å². The first kappa shape index (κ1) is 27.9. The number of likely N-dealkylation sites (tertiary alicyclic amines) is 1. The van der Waals surface area contributed by atoms with Crippen LogP contribution >= 0.6 is 0 Å². The quantitative estimate of drug-likeness (QED) is 0.191. The number of rotatable bonds is 11. The summed E-state index contributed by atoms with van der Waals surface area (Å²) in [6.45, 7) is 9.01. The maximum Gasteiger partial charge on any atom is 0.295 e. The third kappa shape index (κ3) is 6.49. The molecule has 0 spiro atoms. The Morgan fingerprint density at radius 2 is 1.69 bits per heavy atom. The molecule has 1 unspecified atom stereocenters. The maximum atomic E-state index is 13.3. The molecule has 7 heteroatoms. The number of carbonyl (C=O) groups excluding carboxylic acids is 2. The number of aliphatic hydroxyl groups is 1. The molecule has 0 saturated carbocycles. The van der Waals surface area contributed by atoms with Crippen molar-refractivity contribution in [2.24, 2.45) is 0 Å². The van der Waals surface area contributed by atoms with Crippen LogP contribution in [0.5, 0.6) is 11.5 Å². The van der Waals surface area contributed by atoms with Crippen molar-refractivity contribution in [3.63, 3.8) is 0 Å². The number of aryl methyl sites for hydroxylation is 1. The molecule has 1 saturated heterocycles. The second kappa shape index (κ2) is 12.6. The van der Waals surface area contributed by atoms with Crippen LogP contribution in [0.2, 0.25) is 0 Å². The van der Waals surface area contributed by atoms with Gasteiger partial charge in [-0.25, -0.2) is 0 Å². The van der Waals surface area contributed by atoms with Crippen molar-refractivity contribution in [3.05, 3.63) is 101 Å². The fourth-order valence-electron chi connectivity index (χ4n) is 4.61. The fourth-order valence-corrected chi connectivity index (χ4v) is 4.61. The highest BCUT2D eigenvalue weighted by molar-refractivity contribution is 6.46. The molecular weight excluding hydrogens is 494 g/mol. The van der Waals surface area contributed by atoms with Gasteiger partial charge in [-0.3, -0.25) is 9.59 Å². The lowest BCUT2D eigenvalue weighted by Crippen LogP contribution is -2.33. The number of benzene rings is 3. The third-order valence-corrected chi connectivity index (χ3v) is 6.52. The molecule has 1 aliphatic rings. The van der Waals surface area contributed by atoms with Crippen molar-refractivity contribution in [1.82, 2.24) is 4.90 Å². The molecule has 1 aliphatic heterocycles. The Morgan fingerprint density at radius 1 is 0.974 bits per heavy atom. The molecule has 1 N–H and O–H groups in total. The van der Waals surface area contributed by atoms with Crippen LogP contribution in [0.25, 0.3) is 5.76 Å². The van der Waals surface area contributed by atoms with E-state index < -0.39 is 17.7 Å². The summed E-state index contributed by atoms with van der Waals surface area (Å²) < 4.78 is 17.2. The summed E-state index contributed by atoms with van der Waals surface area (Å²) in [4.78, 5) is 27.9. The summed E-state index contributed by atoms with van der Waals surface area (Å²) in [5, 5.41) is 11.4. The van der Waals surface area contributed by atoms with Gasteiger partial charge in [-0.05, 0) is 74.7 Å². The summed E-state index contributed by atoms with van der Waals surface area (Å²) in [6, 6.07) is 21.5. The summed E-state index contributed by atoms with van der Waals surface area (Å²) in [6.07, 6.45) is -0.0173. The number of aliphatic hydroxyl groups excluding tert-OH is 1. The summed E-state index contributed by atoms with van der Waals surface area (Å²) in [5.74, 6) is -0.259. The Kier molecular flexibility index (Phi) is 9.04. The monoisotopic (exact) mass is 529 g/mol. The minimum atomic E-state index is -0.759. The highest BCUT2D eigenvalue weighted by Gasteiger charge is 2.46. The highest BCUT2D eigenvalue weighted by Crippen LogP contribution is 2.40. The molecule has 0 bridgehead atoms. The minimum absolute atomic E-state index is 0.0173. The summed E-state index contributed by atoms with van der Waals surface area (Å²) in [7, 11) is 0. The molecule has 204 valence electrons. The van der Waals surface area contributed by atoms with Gasteiger partial charge in [-0.2, -0.15) is 0 Å². The fraction of sp³-hybridized carbons (Fsp3) is 0.312. The SMILES string of the molecule is CCOc1ccc(C2/C(=C(/O)c3ccc(OCc4ccccc4)c(C)c3)C(=O)C(=O)N2CCOC(C)C)cc1. The number of carbonyl (C=O) groups is 2. The standard InChI is InChI=1S/C32H35NO6/c1-5-37-26-14-11-24(12-15-26)29-28(31(35)32(36)33(29)17-18-38-21(2)3)30(34)25-13-16-27(22(4)19-25)39-20-23-9-7-6-8-10-23/h6-16,19,21,29,34H,5,17-18,20H2,1-4H3/b30-28-. The van der Waals surface area contributed by atoms with Gasteiger partial charge in [-0.15, -0.1) is 0 Å². The molecule has 0 radical (unpaired) electrons. The van der Waals surface area contributed by atoms with Crippen molar-refractivity contribution in [2.45, 2.75) is 46.4 Å². The molecule has 0 aromatic heterocycles. The molecule has 1 amide bonds. The van der Waals surface area contributed by atoms with Crippen molar-refractivity contribution in [1.29, 1.82) is 0 Å². The Hall–Kier alpha value is -4.10. The number of hydrogen-bond acceptors (Lipinski definition) is 6. The lowest BCUT2D eigenvalue weighted by molar-refractivity contribution is -0.140. The van der Waals surface area contributed by atoms with Crippen LogP contribution in [0.1, 0.15) is 49.1 Å². The zero-order chi connectivity index (χ0) is 27.9. The van der Waals surface area contributed by atoms with Gasteiger partial charge in [-0.1, -0.05) is 42.5 Å². The second-order valence-corrected chi connectivity index (χ2v) is 9.67. The van der Waals surface area contributed by atoms with Crippen molar-refractivity contribution in [2.75, 3.05) is 19.8 Å². The van der Waals surface area contributed by atoms with E-state index in [1.54, 1.807) is 30.3 Å². The number of Topliss-reactive ketones (excluding diaryl/α,β-unsaturated/α-hetero) is 1. The average Bonchev–Trinajstić information content (AvgIpc) is 3.18. The molecule has 39 heavy (non-hydrogen) atoms. The summed E-state index contributed by atoms with van der Waals surface area (Å²) >= 11 is 0. The molecule has 1 fully saturated rings. The Balaban J connectivity index is 1.67. The van der Waals surface area contributed by atoms with E-state index in [0.29, 0.717) is 35.8 Å². The predicted octanol–water partition coefficient (Wildman–Crippen LogP) is 5.82. The maximum absolute atomic E-state index is 13.3. The molecular formula is C32H35NO6. The van der Waals surface area contributed by atoms with Gasteiger partial charge in [0.1, 0.15) is 23.9 Å². The zero-order valence-electron chi connectivity index (χ0n) is 22.8. The molecule has 1 heterocycles. The number of amides is 1. The van der Waals surface area contributed by atoms with Crippen LogP contribution in [0.4, 0.5) is 0 Å². The van der Waals surface area contributed by atoms with E-state index in [9.17, 15) is 14.7 Å². The lowest BCUT2D eigenvalue weighted by Gasteiger charge is -2.26. The van der Waals surface area contributed by atoms with Crippen LogP contribution in [0, 0.1) is 6.92 Å². The van der Waals surface area contributed by atoms with Crippen LogP contribution < -0.4 is 9.47 Å². The minimum Gasteiger partial charge on any atom is -0.507 e. The zero-order valence-corrected chi connectivity index (χ0v) is 22.8. The predicted molar refractivity (Wildman–Crippen MR) is 150 cm³/mol. The third-order valence-electron chi connectivity index (χ3n) is 6.52. The van der Waals surface area contributed by atoms with Crippen molar-refractivity contribution in [3.8, 4) is 11.5 Å². The van der Waals surface area contributed by atoms with E-state index in [0.717, 1.165) is 11.1 Å². The van der Waals surface area contributed by atoms with Crippen LogP contribution in [-0.2, 0) is 20.9 Å². The average molecular weight is 530 g/mol. The number of ketones is 1. The van der Waals surface area contributed by atoms with Crippen molar-refractivity contribution >= 4 is 17.4 Å².